The second kappa shape index (κ2) is 12.7. The summed E-state index contributed by atoms with van der Waals surface area (Å²) in [5.41, 5.74) is 3.03. The number of para-hydroxylation sites is 1. The lowest BCUT2D eigenvalue weighted by molar-refractivity contribution is 0.143. The molecule has 0 fully saturated rings. The molecule has 1 heterocycles. The summed E-state index contributed by atoms with van der Waals surface area (Å²) in [5.74, 6) is 2.51. The highest BCUT2D eigenvalue weighted by molar-refractivity contribution is 5.77. The van der Waals surface area contributed by atoms with E-state index in [9.17, 15) is 5.11 Å². The van der Waals surface area contributed by atoms with E-state index < -0.39 is 6.10 Å². The molecule has 5 nitrogen and oxygen atoms in total. The van der Waals surface area contributed by atoms with E-state index in [1.54, 1.807) is 21.3 Å². The van der Waals surface area contributed by atoms with Crippen molar-refractivity contribution < 1.29 is 23.7 Å². The molecular weight excluding hydrogens is 428 g/mol. The van der Waals surface area contributed by atoms with Crippen molar-refractivity contribution in [1.29, 1.82) is 0 Å². The van der Waals surface area contributed by atoms with Crippen molar-refractivity contribution in [3.05, 3.63) is 83.7 Å². The predicted molar refractivity (Wildman–Crippen MR) is 138 cm³/mol. The number of allylic oxidation sites excluding steroid dienone is 5. The maximum absolute atomic E-state index is 10.5. The predicted octanol–water partition coefficient (Wildman–Crippen LogP) is 7.27. The van der Waals surface area contributed by atoms with Crippen LogP contribution in [0.2, 0.25) is 0 Å². The number of methoxy groups -OCH3 is 3. The van der Waals surface area contributed by atoms with E-state index in [2.05, 4.69) is 37.3 Å². The smallest absolute Gasteiger partial charge is 0.203 e. The largest absolute Gasteiger partial charge is 0.493 e. The Bertz CT molecular complexity index is 1090. The lowest BCUT2D eigenvalue weighted by Gasteiger charge is -2.12. The molecule has 0 saturated heterocycles. The number of aliphatic hydroxyl groups is 1. The van der Waals surface area contributed by atoms with Crippen molar-refractivity contribution >= 4 is 17.0 Å². The van der Waals surface area contributed by atoms with Gasteiger partial charge < -0.3 is 23.7 Å². The Balaban J connectivity index is 1.43. The minimum atomic E-state index is -0.597. The Hall–Kier alpha value is -3.44. The molecule has 0 aliphatic rings. The Labute approximate surface area is 202 Å². The Morgan fingerprint density at radius 3 is 2.35 bits per heavy atom. The molecule has 2 aromatic carbocycles. The molecule has 1 unspecified atom stereocenters. The molecule has 5 heteroatoms. The van der Waals surface area contributed by atoms with Crippen molar-refractivity contribution in [3.8, 4) is 17.2 Å². The van der Waals surface area contributed by atoms with Gasteiger partial charge in [0.25, 0.3) is 0 Å². The van der Waals surface area contributed by atoms with Crippen LogP contribution in [0.4, 0.5) is 0 Å². The SMILES string of the molecule is COc1cc(/C=C\CCC=CC=C(C)CCC(O)c2cc3ccccc3o2)cc(OC)c1OC. The molecule has 0 radical (unpaired) electrons. The minimum Gasteiger partial charge on any atom is -0.493 e. The number of aliphatic hydroxyl groups excluding tert-OH is 1. The van der Waals surface area contributed by atoms with Crippen LogP contribution >= 0.6 is 0 Å². The molecule has 3 rings (SSSR count). The number of ether oxygens (including phenoxy) is 3. The van der Waals surface area contributed by atoms with E-state index >= 15 is 0 Å². The number of hydrogen-bond donors (Lipinski definition) is 1. The third-order valence-electron chi connectivity index (χ3n) is 5.60. The van der Waals surface area contributed by atoms with E-state index in [4.69, 9.17) is 18.6 Å². The monoisotopic (exact) mass is 462 g/mol. The average Bonchev–Trinajstić information content (AvgIpc) is 3.30. The van der Waals surface area contributed by atoms with Crippen LogP contribution in [-0.4, -0.2) is 26.4 Å². The van der Waals surface area contributed by atoms with Crippen molar-refractivity contribution in [2.24, 2.45) is 0 Å². The Morgan fingerprint density at radius 1 is 0.971 bits per heavy atom. The third kappa shape index (κ3) is 6.78. The van der Waals surface area contributed by atoms with Gasteiger partial charge in [-0.2, -0.15) is 0 Å². The van der Waals surface area contributed by atoms with Crippen LogP contribution in [0.3, 0.4) is 0 Å². The van der Waals surface area contributed by atoms with Crippen LogP contribution in [0.15, 0.2) is 76.8 Å². The lowest BCUT2D eigenvalue weighted by atomic mass is 10.1. The van der Waals surface area contributed by atoms with Crippen LogP contribution in [-0.2, 0) is 0 Å². The highest BCUT2D eigenvalue weighted by atomic mass is 16.5. The lowest BCUT2D eigenvalue weighted by Crippen LogP contribution is -1.95. The molecule has 0 amide bonds. The van der Waals surface area contributed by atoms with Crippen LogP contribution < -0.4 is 14.2 Å². The van der Waals surface area contributed by atoms with E-state index in [0.717, 1.165) is 35.8 Å². The molecule has 180 valence electrons. The number of furan rings is 1. The zero-order chi connectivity index (χ0) is 24.3. The van der Waals surface area contributed by atoms with E-state index in [1.807, 2.05) is 42.5 Å². The van der Waals surface area contributed by atoms with Crippen LogP contribution in [0.25, 0.3) is 17.0 Å². The van der Waals surface area contributed by atoms with Gasteiger partial charge in [-0.25, -0.2) is 0 Å². The van der Waals surface area contributed by atoms with Gasteiger partial charge >= 0.3 is 0 Å². The van der Waals surface area contributed by atoms with Gasteiger partial charge in [0.2, 0.25) is 5.75 Å². The van der Waals surface area contributed by atoms with Crippen LogP contribution in [0, 0.1) is 0 Å². The summed E-state index contributed by atoms with van der Waals surface area (Å²) in [6.07, 6.45) is 13.2. The number of unbranched alkanes of at least 4 members (excludes halogenated alkanes) is 1. The van der Waals surface area contributed by atoms with Crippen molar-refractivity contribution in [2.75, 3.05) is 21.3 Å². The Morgan fingerprint density at radius 2 is 1.68 bits per heavy atom. The minimum absolute atomic E-state index is 0.595. The summed E-state index contributed by atoms with van der Waals surface area (Å²) >= 11 is 0. The molecule has 3 aromatic rings. The fraction of sp³-hybridized carbons (Fsp3) is 0.310. The quantitative estimate of drug-likeness (QED) is 0.227. The summed E-state index contributed by atoms with van der Waals surface area (Å²) < 4.78 is 21.9. The van der Waals surface area contributed by atoms with Gasteiger partial charge in [-0.3, -0.25) is 0 Å². The van der Waals surface area contributed by atoms with Gasteiger partial charge in [-0.15, -0.1) is 0 Å². The summed E-state index contributed by atoms with van der Waals surface area (Å²) in [5, 5.41) is 11.5. The maximum Gasteiger partial charge on any atom is 0.203 e. The van der Waals surface area contributed by atoms with Gasteiger partial charge in [0.1, 0.15) is 17.4 Å². The van der Waals surface area contributed by atoms with Crippen LogP contribution in [0.5, 0.6) is 17.2 Å². The standard InChI is InChI=1S/C29H34O5/c1-21(16-17-24(30)26-20-23-14-10-11-15-25(23)34-26)12-8-6-5-7-9-13-22-18-27(31-2)29(33-4)28(19-22)32-3/h6,8-15,18-20,24,30H,5,7,16-17H2,1-4H3/b8-6?,13-9-,21-12?. The molecular formula is C29H34O5. The molecule has 34 heavy (non-hydrogen) atoms. The molecule has 0 spiro atoms. The Kier molecular flexibility index (Phi) is 9.41. The summed E-state index contributed by atoms with van der Waals surface area (Å²) in [6.45, 7) is 2.08. The highest BCUT2D eigenvalue weighted by Crippen LogP contribution is 2.38. The summed E-state index contributed by atoms with van der Waals surface area (Å²) in [4.78, 5) is 0. The zero-order valence-corrected chi connectivity index (χ0v) is 20.4. The zero-order valence-electron chi connectivity index (χ0n) is 20.4. The molecule has 1 atom stereocenters. The van der Waals surface area contributed by atoms with Gasteiger partial charge in [0.05, 0.1) is 21.3 Å². The average molecular weight is 463 g/mol. The molecule has 0 aliphatic carbocycles. The first-order valence-electron chi connectivity index (χ1n) is 11.5. The first-order valence-corrected chi connectivity index (χ1v) is 11.5. The fourth-order valence-corrected chi connectivity index (χ4v) is 3.69. The van der Waals surface area contributed by atoms with Gasteiger partial charge in [-0.1, -0.05) is 54.2 Å². The first kappa shape index (κ1) is 25.2. The van der Waals surface area contributed by atoms with Gasteiger partial charge in [-0.05, 0) is 62.4 Å². The van der Waals surface area contributed by atoms with Gasteiger partial charge in [0.15, 0.2) is 11.5 Å². The topological polar surface area (TPSA) is 61.1 Å². The van der Waals surface area contributed by atoms with E-state index in [1.165, 1.54) is 5.57 Å². The molecule has 1 N–H and O–H groups in total. The van der Waals surface area contributed by atoms with Crippen LogP contribution in [0.1, 0.15) is 50.0 Å². The molecule has 0 saturated carbocycles. The normalized spacial score (nSPS) is 13.1. The fourth-order valence-electron chi connectivity index (χ4n) is 3.69. The number of benzene rings is 2. The van der Waals surface area contributed by atoms with Gasteiger partial charge in [0, 0.05) is 5.39 Å². The van der Waals surface area contributed by atoms with E-state index in [0.29, 0.717) is 29.4 Å². The third-order valence-corrected chi connectivity index (χ3v) is 5.60. The van der Waals surface area contributed by atoms with Crippen molar-refractivity contribution in [1.82, 2.24) is 0 Å². The second-order valence-corrected chi connectivity index (χ2v) is 8.12. The number of hydrogen-bond acceptors (Lipinski definition) is 5. The first-order chi connectivity index (χ1) is 16.5. The highest BCUT2D eigenvalue weighted by Gasteiger charge is 2.13. The summed E-state index contributed by atoms with van der Waals surface area (Å²) in [6, 6.07) is 13.6. The van der Waals surface area contributed by atoms with Crippen molar-refractivity contribution in [2.45, 2.75) is 38.7 Å². The summed E-state index contributed by atoms with van der Waals surface area (Å²) in [7, 11) is 4.83. The van der Waals surface area contributed by atoms with Crippen molar-refractivity contribution in [3.63, 3.8) is 0 Å². The molecule has 1 aromatic heterocycles. The van der Waals surface area contributed by atoms with E-state index in [-0.39, 0.29) is 0 Å². The molecule has 0 aliphatic heterocycles. The second-order valence-electron chi connectivity index (χ2n) is 8.12. The maximum atomic E-state index is 10.5. The number of rotatable bonds is 12. The molecule has 0 bridgehead atoms. The number of fused-ring (bicyclic) bond motifs is 1.